The van der Waals surface area contributed by atoms with Crippen LogP contribution in [0.4, 0.5) is 15.8 Å². The van der Waals surface area contributed by atoms with Crippen LogP contribution in [0.25, 0.3) is 0 Å². The quantitative estimate of drug-likeness (QED) is 0.845. The van der Waals surface area contributed by atoms with E-state index < -0.39 is 5.82 Å². The van der Waals surface area contributed by atoms with Gasteiger partial charge in [-0.25, -0.2) is 4.39 Å². The summed E-state index contributed by atoms with van der Waals surface area (Å²) in [6, 6.07) is 11.2. The predicted octanol–water partition coefficient (Wildman–Crippen LogP) is 2.78. The Labute approximate surface area is 147 Å². The van der Waals surface area contributed by atoms with Gasteiger partial charge in [0.05, 0.1) is 12.1 Å². The van der Waals surface area contributed by atoms with E-state index in [2.05, 4.69) is 26.6 Å². The molecular formula is C17H15BrFN3O2. The lowest BCUT2D eigenvalue weighted by atomic mass is 10.2. The van der Waals surface area contributed by atoms with Gasteiger partial charge in [-0.3, -0.25) is 9.59 Å². The molecule has 1 aliphatic rings. The standard InChI is InChI=1S/C17H15BrFN3O2/c18-15-9-11(19)1-6-14(15)17(24)21-12-2-4-13(5-3-12)22-8-7-20-16(23)10-22/h1-6,9H,7-8,10H2,(H,20,23)(H,21,24). The lowest BCUT2D eigenvalue weighted by Crippen LogP contribution is -2.47. The van der Waals surface area contributed by atoms with Crippen LogP contribution in [0, 0.1) is 5.82 Å². The van der Waals surface area contributed by atoms with Gasteiger partial charge in [0.25, 0.3) is 5.91 Å². The Morgan fingerprint density at radius 1 is 1.21 bits per heavy atom. The number of halogens is 2. The van der Waals surface area contributed by atoms with E-state index in [4.69, 9.17) is 0 Å². The number of carbonyl (C=O) groups is 2. The Kier molecular flexibility index (Phi) is 4.80. The van der Waals surface area contributed by atoms with Crippen molar-refractivity contribution in [3.63, 3.8) is 0 Å². The minimum atomic E-state index is -0.409. The van der Waals surface area contributed by atoms with E-state index in [-0.39, 0.29) is 11.8 Å². The molecule has 0 saturated carbocycles. The number of rotatable bonds is 3. The highest BCUT2D eigenvalue weighted by atomic mass is 79.9. The van der Waals surface area contributed by atoms with Crippen LogP contribution in [-0.4, -0.2) is 31.4 Å². The molecule has 5 nitrogen and oxygen atoms in total. The molecule has 1 heterocycles. The van der Waals surface area contributed by atoms with E-state index in [9.17, 15) is 14.0 Å². The molecule has 0 atom stereocenters. The van der Waals surface area contributed by atoms with Gasteiger partial charge in [0, 0.05) is 28.9 Å². The molecule has 24 heavy (non-hydrogen) atoms. The highest BCUT2D eigenvalue weighted by Crippen LogP contribution is 2.22. The summed E-state index contributed by atoms with van der Waals surface area (Å²) in [5.74, 6) is -0.736. The van der Waals surface area contributed by atoms with Gasteiger partial charge in [-0.1, -0.05) is 0 Å². The van der Waals surface area contributed by atoms with Crippen LogP contribution in [0.1, 0.15) is 10.4 Å². The predicted molar refractivity (Wildman–Crippen MR) is 93.7 cm³/mol. The maximum Gasteiger partial charge on any atom is 0.256 e. The van der Waals surface area contributed by atoms with Crippen LogP contribution in [0.3, 0.4) is 0 Å². The summed E-state index contributed by atoms with van der Waals surface area (Å²) in [5, 5.41) is 5.55. The average Bonchev–Trinajstić information content (AvgIpc) is 2.55. The molecule has 0 radical (unpaired) electrons. The smallest absolute Gasteiger partial charge is 0.256 e. The first-order chi connectivity index (χ1) is 11.5. The molecule has 2 amide bonds. The highest BCUT2D eigenvalue weighted by Gasteiger charge is 2.16. The van der Waals surface area contributed by atoms with Crippen molar-refractivity contribution in [2.24, 2.45) is 0 Å². The molecule has 0 aromatic heterocycles. The number of piperazine rings is 1. The summed E-state index contributed by atoms with van der Waals surface area (Å²) in [5.41, 5.74) is 1.90. The Balaban J connectivity index is 1.69. The monoisotopic (exact) mass is 391 g/mol. The van der Waals surface area contributed by atoms with Gasteiger partial charge in [-0.15, -0.1) is 0 Å². The molecule has 3 rings (SSSR count). The van der Waals surface area contributed by atoms with Gasteiger partial charge in [0.1, 0.15) is 5.82 Å². The number of hydrogen-bond acceptors (Lipinski definition) is 3. The van der Waals surface area contributed by atoms with Crippen LogP contribution < -0.4 is 15.5 Å². The SMILES string of the molecule is O=C1CN(c2ccc(NC(=O)c3ccc(F)cc3Br)cc2)CCN1. The molecule has 124 valence electrons. The van der Waals surface area contributed by atoms with Gasteiger partial charge in [-0.2, -0.15) is 0 Å². The molecule has 2 aromatic carbocycles. The lowest BCUT2D eigenvalue weighted by molar-refractivity contribution is -0.120. The van der Waals surface area contributed by atoms with Crippen molar-refractivity contribution >= 4 is 39.1 Å². The molecule has 1 fully saturated rings. The van der Waals surface area contributed by atoms with Gasteiger partial charge in [0.15, 0.2) is 0 Å². The summed E-state index contributed by atoms with van der Waals surface area (Å²) in [6.45, 7) is 1.70. The van der Waals surface area contributed by atoms with Crippen LogP contribution in [-0.2, 0) is 4.79 Å². The molecule has 7 heteroatoms. The summed E-state index contributed by atoms with van der Waals surface area (Å²) in [6.07, 6.45) is 0. The van der Waals surface area contributed by atoms with E-state index in [0.717, 1.165) is 12.2 Å². The minimum Gasteiger partial charge on any atom is -0.360 e. The third-order valence-corrected chi connectivity index (χ3v) is 4.36. The number of nitrogens with zero attached hydrogens (tertiary/aromatic N) is 1. The van der Waals surface area contributed by atoms with Crippen LogP contribution in [0.2, 0.25) is 0 Å². The van der Waals surface area contributed by atoms with Gasteiger partial charge in [0.2, 0.25) is 5.91 Å². The molecule has 2 N–H and O–H groups in total. The van der Waals surface area contributed by atoms with E-state index in [1.807, 2.05) is 17.0 Å². The second-order valence-electron chi connectivity index (χ2n) is 5.40. The van der Waals surface area contributed by atoms with Gasteiger partial charge in [-0.05, 0) is 58.4 Å². The zero-order valence-corrected chi connectivity index (χ0v) is 14.3. The number of amides is 2. The van der Waals surface area contributed by atoms with Crippen molar-refractivity contribution in [3.8, 4) is 0 Å². The summed E-state index contributed by atoms with van der Waals surface area (Å²) in [4.78, 5) is 25.7. The lowest BCUT2D eigenvalue weighted by Gasteiger charge is -2.28. The molecule has 0 spiro atoms. The normalized spacial score (nSPS) is 14.2. The van der Waals surface area contributed by atoms with E-state index in [0.29, 0.717) is 28.8 Å². The summed E-state index contributed by atoms with van der Waals surface area (Å²) >= 11 is 3.19. The second kappa shape index (κ2) is 7.00. The van der Waals surface area contributed by atoms with Gasteiger partial charge < -0.3 is 15.5 Å². The highest BCUT2D eigenvalue weighted by molar-refractivity contribution is 9.10. The van der Waals surface area contributed by atoms with Crippen molar-refractivity contribution in [1.29, 1.82) is 0 Å². The van der Waals surface area contributed by atoms with Crippen molar-refractivity contribution in [3.05, 3.63) is 58.3 Å². The molecule has 2 aromatic rings. The zero-order valence-electron chi connectivity index (χ0n) is 12.7. The first-order valence-corrected chi connectivity index (χ1v) is 8.20. The van der Waals surface area contributed by atoms with Crippen molar-refractivity contribution < 1.29 is 14.0 Å². The fourth-order valence-corrected chi connectivity index (χ4v) is 3.02. The summed E-state index contributed by atoms with van der Waals surface area (Å²) < 4.78 is 13.5. The van der Waals surface area contributed by atoms with Crippen LogP contribution in [0.15, 0.2) is 46.9 Å². The maximum atomic E-state index is 13.1. The fraction of sp³-hybridized carbons (Fsp3) is 0.176. The van der Waals surface area contributed by atoms with Crippen molar-refractivity contribution in [2.45, 2.75) is 0 Å². The number of anilines is 2. The Morgan fingerprint density at radius 3 is 2.62 bits per heavy atom. The molecule has 0 aliphatic carbocycles. The third kappa shape index (κ3) is 3.73. The first-order valence-electron chi connectivity index (χ1n) is 7.41. The zero-order chi connectivity index (χ0) is 17.1. The maximum absolute atomic E-state index is 13.1. The Hall–Kier alpha value is -2.41. The van der Waals surface area contributed by atoms with Gasteiger partial charge >= 0.3 is 0 Å². The van der Waals surface area contributed by atoms with Crippen molar-refractivity contribution in [2.75, 3.05) is 29.9 Å². The van der Waals surface area contributed by atoms with Crippen molar-refractivity contribution in [1.82, 2.24) is 5.32 Å². The fourth-order valence-electron chi connectivity index (χ4n) is 2.49. The Morgan fingerprint density at radius 2 is 1.96 bits per heavy atom. The van der Waals surface area contributed by atoms with E-state index in [1.165, 1.54) is 18.2 Å². The number of nitrogens with one attached hydrogen (secondary N) is 2. The summed E-state index contributed by atoms with van der Waals surface area (Å²) in [7, 11) is 0. The van der Waals surface area contributed by atoms with E-state index in [1.54, 1.807) is 12.1 Å². The number of benzene rings is 2. The molecular weight excluding hydrogens is 377 g/mol. The second-order valence-corrected chi connectivity index (χ2v) is 6.25. The number of carbonyl (C=O) groups excluding carboxylic acids is 2. The number of hydrogen-bond donors (Lipinski definition) is 2. The minimum absolute atomic E-state index is 0.000195. The van der Waals surface area contributed by atoms with E-state index >= 15 is 0 Å². The molecule has 1 saturated heterocycles. The molecule has 0 unspecified atom stereocenters. The molecule has 0 bridgehead atoms. The first kappa shape index (κ1) is 16.4. The topological polar surface area (TPSA) is 61.4 Å². The van der Waals surface area contributed by atoms with Crippen LogP contribution >= 0.6 is 15.9 Å². The largest absolute Gasteiger partial charge is 0.360 e. The van der Waals surface area contributed by atoms with Crippen LogP contribution in [0.5, 0.6) is 0 Å². The third-order valence-electron chi connectivity index (χ3n) is 3.70. The molecule has 1 aliphatic heterocycles. The Bertz CT molecular complexity index is 780. The average molecular weight is 392 g/mol.